The molecular formula is C37H40BrCl4N3O5. The van der Waals surface area contributed by atoms with Gasteiger partial charge in [0, 0.05) is 35.7 Å². The van der Waals surface area contributed by atoms with Crippen LogP contribution in [-0.4, -0.2) is 75.6 Å². The van der Waals surface area contributed by atoms with E-state index in [-0.39, 0.29) is 30.4 Å². The van der Waals surface area contributed by atoms with E-state index in [1.807, 2.05) is 83.8 Å². The Labute approximate surface area is 322 Å². The number of hydrogen-bond acceptors (Lipinski definition) is 6. The van der Waals surface area contributed by atoms with Gasteiger partial charge < -0.3 is 24.4 Å². The first-order valence-electron chi connectivity index (χ1n) is 16.4. The molecule has 1 saturated carbocycles. The van der Waals surface area contributed by atoms with Crippen LogP contribution in [0.25, 0.3) is 5.57 Å². The first-order valence-corrected chi connectivity index (χ1v) is 18.3. The lowest BCUT2D eigenvalue weighted by atomic mass is 9.82. The van der Waals surface area contributed by atoms with Crippen molar-refractivity contribution in [2.75, 3.05) is 26.3 Å². The fourth-order valence-corrected chi connectivity index (χ4v) is 6.62. The molecule has 6 rings (SSSR count). The molecule has 8 nitrogen and oxygen atoms in total. The van der Waals surface area contributed by atoms with Crippen LogP contribution in [0.2, 0.25) is 0 Å². The second-order valence-electron chi connectivity index (χ2n) is 13.0. The summed E-state index contributed by atoms with van der Waals surface area (Å²) >= 11 is 22.0. The van der Waals surface area contributed by atoms with E-state index in [9.17, 15) is 9.59 Å². The number of hydrogen-bond donors (Lipinski definition) is 1. The van der Waals surface area contributed by atoms with Crippen LogP contribution in [0.1, 0.15) is 44.2 Å². The highest BCUT2D eigenvalue weighted by atomic mass is 79.9. The number of carbonyl (C=O) groups is 2. The lowest BCUT2D eigenvalue weighted by molar-refractivity contribution is -0.129. The molecule has 13 heteroatoms. The number of piperazine rings is 1. The summed E-state index contributed by atoms with van der Waals surface area (Å²) < 4.78 is 16.7. The Balaban J connectivity index is 0.00000486. The van der Waals surface area contributed by atoms with Crippen LogP contribution in [-0.2, 0) is 16.1 Å². The van der Waals surface area contributed by atoms with Crippen molar-refractivity contribution in [3.05, 3.63) is 100 Å². The number of ether oxygens (including phenoxy) is 3. The minimum Gasteiger partial charge on any atom is -0.490 e. The summed E-state index contributed by atoms with van der Waals surface area (Å²) in [7, 11) is 0. The smallest absolute Gasteiger partial charge is 0.411 e. The zero-order valence-corrected chi connectivity index (χ0v) is 32.4. The van der Waals surface area contributed by atoms with E-state index in [0.717, 1.165) is 39.8 Å². The van der Waals surface area contributed by atoms with E-state index in [2.05, 4.69) is 21.2 Å². The highest BCUT2D eigenvalue weighted by Gasteiger charge is 2.50. The van der Waals surface area contributed by atoms with Gasteiger partial charge in [-0.3, -0.25) is 9.69 Å². The third-order valence-corrected chi connectivity index (χ3v) is 11.0. The molecule has 2 fully saturated rings. The van der Waals surface area contributed by atoms with E-state index in [1.54, 1.807) is 18.7 Å². The standard InChI is InChI=1S/C37H39BrCl3N3O5.ClH/c1-36(2,37(39,40)41)49-35(46)44-28-20-31(25-8-14-29(15-9-25)47-18-19-48-30-16-10-26(38)11-17-30)33(32(44)22-42-21-28)34(45)43(27-12-13-27)23-24-6-4-3-5-7-24;/h3-11,14-17,27-28,32,42H,12-13,18-23H2,1-2H3;1H. The Morgan fingerprint density at radius 3 is 2.08 bits per heavy atom. The lowest BCUT2D eigenvalue weighted by Crippen LogP contribution is -2.64. The molecule has 50 heavy (non-hydrogen) atoms. The number of fused-ring (bicyclic) bond motifs is 2. The molecule has 268 valence electrons. The van der Waals surface area contributed by atoms with Crippen molar-refractivity contribution < 1.29 is 23.8 Å². The van der Waals surface area contributed by atoms with E-state index in [4.69, 9.17) is 49.0 Å². The molecule has 2 atom stereocenters. The van der Waals surface area contributed by atoms with Crippen molar-refractivity contribution >= 4 is 80.7 Å². The van der Waals surface area contributed by atoms with Gasteiger partial charge in [-0.15, -0.1) is 12.4 Å². The normalized spacial score (nSPS) is 19.0. The molecule has 0 radical (unpaired) electrons. The fourth-order valence-electron chi connectivity index (χ4n) is 6.24. The Morgan fingerprint density at radius 2 is 1.50 bits per heavy atom. The third-order valence-electron chi connectivity index (χ3n) is 9.09. The molecule has 0 spiro atoms. The number of alkyl halides is 3. The summed E-state index contributed by atoms with van der Waals surface area (Å²) in [6.07, 6.45) is 1.70. The Kier molecular flexibility index (Phi) is 12.6. The van der Waals surface area contributed by atoms with Crippen LogP contribution in [0.15, 0.2) is 88.9 Å². The number of nitrogens with one attached hydrogen (secondary N) is 1. The van der Waals surface area contributed by atoms with Gasteiger partial charge in [0.15, 0.2) is 5.60 Å². The third kappa shape index (κ3) is 9.03. The quantitative estimate of drug-likeness (QED) is 0.154. The zero-order chi connectivity index (χ0) is 34.8. The Morgan fingerprint density at radius 1 is 0.900 bits per heavy atom. The molecule has 2 amide bonds. The average molecular weight is 828 g/mol. The predicted octanol–water partition coefficient (Wildman–Crippen LogP) is 8.61. The maximum Gasteiger partial charge on any atom is 0.411 e. The first-order chi connectivity index (χ1) is 23.4. The van der Waals surface area contributed by atoms with Gasteiger partial charge in [-0.25, -0.2) is 4.79 Å². The molecule has 2 aliphatic heterocycles. The largest absolute Gasteiger partial charge is 0.490 e. The molecule has 1 saturated heterocycles. The van der Waals surface area contributed by atoms with Gasteiger partial charge in [0.1, 0.15) is 24.7 Å². The minimum atomic E-state index is -1.85. The zero-order valence-electron chi connectivity index (χ0n) is 27.8. The highest BCUT2D eigenvalue weighted by molar-refractivity contribution is 9.10. The molecule has 0 aromatic heterocycles. The van der Waals surface area contributed by atoms with E-state index < -0.39 is 21.5 Å². The van der Waals surface area contributed by atoms with Gasteiger partial charge in [0.05, 0.1) is 12.1 Å². The van der Waals surface area contributed by atoms with Gasteiger partial charge >= 0.3 is 6.09 Å². The van der Waals surface area contributed by atoms with Crippen LogP contribution >= 0.6 is 63.1 Å². The summed E-state index contributed by atoms with van der Waals surface area (Å²) in [5.74, 6) is 1.37. The molecule has 1 N–H and O–H groups in total. The Bertz CT molecular complexity index is 1670. The van der Waals surface area contributed by atoms with Crippen molar-refractivity contribution in [2.45, 2.75) is 67.2 Å². The van der Waals surface area contributed by atoms with Crippen molar-refractivity contribution in [1.29, 1.82) is 0 Å². The summed E-state index contributed by atoms with van der Waals surface area (Å²) in [6.45, 7) is 5.28. The monoisotopic (exact) mass is 825 g/mol. The maximum atomic E-state index is 14.8. The molecule has 3 aromatic carbocycles. The number of nitrogens with zero attached hydrogens (tertiary/aromatic N) is 2. The van der Waals surface area contributed by atoms with Crippen molar-refractivity contribution in [3.63, 3.8) is 0 Å². The topological polar surface area (TPSA) is 80.3 Å². The summed E-state index contributed by atoms with van der Waals surface area (Å²) in [6, 6.07) is 24.7. The molecule has 2 unspecified atom stereocenters. The molecule has 3 aromatic rings. The highest BCUT2D eigenvalue weighted by Crippen LogP contribution is 2.43. The first kappa shape index (κ1) is 38.6. The van der Waals surface area contributed by atoms with Crippen LogP contribution in [0, 0.1) is 0 Å². The summed E-state index contributed by atoms with van der Waals surface area (Å²) in [4.78, 5) is 32.3. The molecule has 3 aliphatic rings. The minimum absolute atomic E-state index is 0. The summed E-state index contributed by atoms with van der Waals surface area (Å²) in [5.41, 5.74) is 2.04. The van der Waals surface area contributed by atoms with Gasteiger partial charge in [0.2, 0.25) is 3.79 Å². The van der Waals surface area contributed by atoms with Gasteiger partial charge in [-0.2, -0.15) is 0 Å². The van der Waals surface area contributed by atoms with Gasteiger partial charge in [-0.05, 0) is 86.2 Å². The van der Waals surface area contributed by atoms with E-state index in [1.165, 1.54) is 0 Å². The van der Waals surface area contributed by atoms with Crippen LogP contribution in [0.4, 0.5) is 4.79 Å². The number of rotatable bonds is 11. The van der Waals surface area contributed by atoms with Crippen LogP contribution in [0.3, 0.4) is 0 Å². The molecule has 2 bridgehead atoms. The summed E-state index contributed by atoms with van der Waals surface area (Å²) in [5, 5.41) is 3.44. The SMILES string of the molecule is CC(C)(OC(=O)N1C2CNCC1C(C(=O)N(Cc1ccccc1)C1CC1)=C(c1ccc(OCCOc3ccc(Br)cc3)cc1)C2)C(Cl)(Cl)Cl.Cl. The number of benzene rings is 3. The molecular weight excluding hydrogens is 788 g/mol. The van der Waals surface area contributed by atoms with Gasteiger partial charge in [-0.1, -0.05) is 93.2 Å². The van der Waals surface area contributed by atoms with Crippen molar-refractivity contribution in [3.8, 4) is 11.5 Å². The second-order valence-corrected chi connectivity index (χ2v) is 16.2. The fraction of sp³-hybridized carbons (Fsp3) is 0.405. The maximum absolute atomic E-state index is 14.8. The Hall–Kier alpha value is -2.66. The van der Waals surface area contributed by atoms with Gasteiger partial charge in [0.25, 0.3) is 5.91 Å². The van der Waals surface area contributed by atoms with Crippen molar-refractivity contribution in [1.82, 2.24) is 15.1 Å². The van der Waals surface area contributed by atoms with Crippen LogP contribution < -0.4 is 14.8 Å². The average Bonchev–Trinajstić information content (AvgIpc) is 3.91. The van der Waals surface area contributed by atoms with E-state index in [0.29, 0.717) is 50.6 Å². The number of amides is 2. The number of halogens is 5. The van der Waals surface area contributed by atoms with Crippen LogP contribution in [0.5, 0.6) is 11.5 Å². The predicted molar refractivity (Wildman–Crippen MR) is 204 cm³/mol. The number of carbonyl (C=O) groups excluding carboxylic acids is 2. The lowest BCUT2D eigenvalue weighted by Gasteiger charge is -2.48. The van der Waals surface area contributed by atoms with Crippen molar-refractivity contribution in [2.24, 2.45) is 0 Å². The second kappa shape index (κ2) is 16.3. The van der Waals surface area contributed by atoms with E-state index >= 15 is 0 Å². The molecule has 1 aliphatic carbocycles. The molecule has 2 heterocycles.